The molecule has 1 unspecified atom stereocenters. The van der Waals surface area contributed by atoms with Crippen molar-refractivity contribution >= 4 is 23.6 Å². The van der Waals surface area contributed by atoms with E-state index in [9.17, 15) is 19.5 Å². The monoisotopic (exact) mass is 469 g/mol. The van der Waals surface area contributed by atoms with E-state index in [1.807, 2.05) is 44.2 Å². The van der Waals surface area contributed by atoms with Gasteiger partial charge >= 0.3 is 6.09 Å². The molecule has 1 atom stereocenters. The van der Waals surface area contributed by atoms with Crippen LogP contribution < -0.4 is 10.6 Å². The number of nitrogens with zero attached hydrogens (tertiary/aromatic N) is 1. The summed E-state index contributed by atoms with van der Waals surface area (Å²) in [5, 5.41) is 15.0. The number of amides is 3. The van der Waals surface area contributed by atoms with Crippen LogP contribution in [0.5, 0.6) is 0 Å². The van der Waals surface area contributed by atoms with E-state index in [2.05, 4.69) is 10.6 Å². The molecule has 0 aliphatic heterocycles. The number of carbonyl (C=O) groups excluding carboxylic acids is 3. The van der Waals surface area contributed by atoms with Gasteiger partial charge in [-0.15, -0.1) is 0 Å². The lowest BCUT2D eigenvalue weighted by Gasteiger charge is -2.31. The lowest BCUT2D eigenvalue weighted by molar-refractivity contribution is -0.138. The Morgan fingerprint density at radius 3 is 2.26 bits per heavy atom. The van der Waals surface area contributed by atoms with Crippen LogP contribution in [0.1, 0.15) is 50.4 Å². The highest BCUT2D eigenvalue weighted by Gasteiger charge is 2.32. The average molecular weight is 470 g/mol. The van der Waals surface area contributed by atoms with Gasteiger partial charge in [0, 0.05) is 12.2 Å². The number of benzene rings is 2. The van der Waals surface area contributed by atoms with Crippen molar-refractivity contribution in [2.75, 3.05) is 25.0 Å². The summed E-state index contributed by atoms with van der Waals surface area (Å²) in [6, 6.07) is 13.8. The molecular weight excluding hydrogens is 434 g/mol. The van der Waals surface area contributed by atoms with E-state index in [-0.39, 0.29) is 19.7 Å². The van der Waals surface area contributed by atoms with Crippen molar-refractivity contribution in [1.82, 2.24) is 10.2 Å². The summed E-state index contributed by atoms with van der Waals surface area (Å²) in [4.78, 5) is 39.9. The van der Waals surface area contributed by atoms with Crippen LogP contribution in [0, 0.1) is 6.92 Å². The summed E-state index contributed by atoms with van der Waals surface area (Å²) in [7, 11) is 0. The molecule has 0 heterocycles. The first kappa shape index (κ1) is 26.9. The maximum absolute atomic E-state index is 13.5. The third kappa shape index (κ3) is 7.88. The average Bonchev–Trinajstić information content (AvgIpc) is 2.78. The van der Waals surface area contributed by atoms with Crippen molar-refractivity contribution in [2.45, 2.75) is 52.7 Å². The molecule has 8 heteroatoms. The maximum atomic E-state index is 13.5. The van der Waals surface area contributed by atoms with Crippen LogP contribution in [0.4, 0.5) is 10.5 Å². The third-order valence-corrected chi connectivity index (χ3v) is 5.11. The lowest BCUT2D eigenvalue weighted by atomic mass is 10.0. The quantitative estimate of drug-likeness (QED) is 0.520. The fourth-order valence-corrected chi connectivity index (χ4v) is 3.39. The topological polar surface area (TPSA) is 108 Å². The normalized spacial score (nSPS) is 11.9. The number of aryl methyl sites for hydroxylation is 2. The van der Waals surface area contributed by atoms with Crippen molar-refractivity contribution in [2.24, 2.45) is 0 Å². The van der Waals surface area contributed by atoms with Crippen LogP contribution in [0.15, 0.2) is 48.5 Å². The lowest BCUT2D eigenvalue weighted by Crippen LogP contribution is -2.47. The number of alkyl carbamates (subject to hydrolysis) is 1. The van der Waals surface area contributed by atoms with E-state index < -0.39 is 29.6 Å². The highest BCUT2D eigenvalue weighted by Crippen LogP contribution is 2.25. The largest absolute Gasteiger partial charge is 0.444 e. The summed E-state index contributed by atoms with van der Waals surface area (Å²) >= 11 is 0. The van der Waals surface area contributed by atoms with Gasteiger partial charge in [0.2, 0.25) is 5.91 Å². The van der Waals surface area contributed by atoms with E-state index in [4.69, 9.17) is 4.74 Å². The number of anilines is 1. The zero-order chi connectivity index (χ0) is 25.3. The molecule has 0 aliphatic rings. The molecule has 0 fully saturated rings. The second kappa shape index (κ2) is 12.2. The molecule has 2 aromatic rings. The van der Waals surface area contributed by atoms with Crippen molar-refractivity contribution in [3.8, 4) is 0 Å². The van der Waals surface area contributed by atoms with Gasteiger partial charge in [0.1, 0.15) is 18.2 Å². The van der Waals surface area contributed by atoms with Crippen LogP contribution in [0.3, 0.4) is 0 Å². The molecule has 0 saturated heterocycles. The summed E-state index contributed by atoms with van der Waals surface area (Å²) < 4.78 is 5.19. The standard InChI is InChI=1S/C26H35N3O5/c1-6-19-11-13-20(14-12-19)23(24(32)28-21-10-8-7-9-18(21)2)29(15-16-30)22(31)17-27-25(33)34-26(3,4)5/h7-14,23,30H,6,15-17H2,1-5H3,(H,27,33)(H,28,32). The Kier molecular flexibility index (Phi) is 9.62. The molecule has 0 spiro atoms. The zero-order valence-electron chi connectivity index (χ0n) is 20.6. The Labute approximate surface area is 201 Å². The molecule has 8 nitrogen and oxygen atoms in total. The van der Waals surface area contributed by atoms with Crippen LogP contribution >= 0.6 is 0 Å². The minimum absolute atomic E-state index is 0.0871. The number of hydrogen-bond donors (Lipinski definition) is 3. The minimum Gasteiger partial charge on any atom is -0.444 e. The number of aliphatic hydroxyl groups excluding tert-OH is 1. The number of ether oxygens (including phenoxy) is 1. The smallest absolute Gasteiger partial charge is 0.408 e. The molecule has 0 aliphatic carbocycles. The number of para-hydroxylation sites is 1. The number of aliphatic hydroxyl groups is 1. The molecule has 0 bridgehead atoms. The van der Waals surface area contributed by atoms with E-state index >= 15 is 0 Å². The summed E-state index contributed by atoms with van der Waals surface area (Å²) in [6.07, 6.45) is 0.0948. The van der Waals surface area contributed by atoms with Gasteiger partial charge < -0.3 is 25.4 Å². The van der Waals surface area contributed by atoms with Gasteiger partial charge in [0.25, 0.3) is 5.91 Å². The van der Waals surface area contributed by atoms with Crippen LogP contribution in [0.25, 0.3) is 0 Å². The SMILES string of the molecule is CCc1ccc(C(C(=O)Nc2ccccc2C)N(CCO)C(=O)CNC(=O)OC(C)(C)C)cc1. The summed E-state index contributed by atoms with van der Waals surface area (Å²) in [5.74, 6) is -0.943. The van der Waals surface area contributed by atoms with Crippen molar-refractivity contribution < 1.29 is 24.2 Å². The Bertz CT molecular complexity index is 983. The van der Waals surface area contributed by atoms with E-state index in [0.717, 1.165) is 17.5 Å². The Balaban J connectivity index is 2.33. The molecular formula is C26H35N3O5. The van der Waals surface area contributed by atoms with Gasteiger partial charge in [-0.2, -0.15) is 0 Å². The van der Waals surface area contributed by atoms with E-state index in [1.165, 1.54) is 4.90 Å². The maximum Gasteiger partial charge on any atom is 0.408 e. The van der Waals surface area contributed by atoms with Crippen LogP contribution in [-0.4, -0.2) is 53.2 Å². The van der Waals surface area contributed by atoms with Crippen LogP contribution in [0.2, 0.25) is 0 Å². The molecule has 34 heavy (non-hydrogen) atoms. The molecule has 0 saturated carbocycles. The highest BCUT2D eigenvalue weighted by atomic mass is 16.6. The number of carbonyl (C=O) groups is 3. The van der Waals surface area contributed by atoms with E-state index in [0.29, 0.717) is 11.3 Å². The van der Waals surface area contributed by atoms with Gasteiger partial charge in [0.05, 0.1) is 6.61 Å². The molecule has 2 aromatic carbocycles. The summed E-state index contributed by atoms with van der Waals surface area (Å²) in [6.45, 7) is 8.25. The Hall–Kier alpha value is -3.39. The predicted octanol–water partition coefficient (Wildman–Crippen LogP) is 3.58. The molecule has 3 amide bonds. The van der Waals surface area contributed by atoms with Gasteiger partial charge in [-0.25, -0.2) is 4.79 Å². The van der Waals surface area contributed by atoms with Gasteiger partial charge in [-0.3, -0.25) is 9.59 Å². The van der Waals surface area contributed by atoms with Gasteiger partial charge in [-0.05, 0) is 56.9 Å². The predicted molar refractivity (Wildman–Crippen MR) is 131 cm³/mol. The highest BCUT2D eigenvalue weighted by molar-refractivity contribution is 5.98. The zero-order valence-corrected chi connectivity index (χ0v) is 20.6. The molecule has 2 rings (SSSR count). The first-order valence-electron chi connectivity index (χ1n) is 11.4. The van der Waals surface area contributed by atoms with Crippen molar-refractivity contribution in [1.29, 1.82) is 0 Å². The Morgan fingerprint density at radius 1 is 1.06 bits per heavy atom. The molecule has 184 valence electrons. The van der Waals surface area contributed by atoms with Crippen LogP contribution in [-0.2, 0) is 20.7 Å². The summed E-state index contributed by atoms with van der Waals surface area (Å²) in [5.41, 5.74) is 2.49. The second-order valence-corrected chi connectivity index (χ2v) is 8.97. The number of rotatable bonds is 9. The third-order valence-electron chi connectivity index (χ3n) is 5.11. The molecule has 0 aromatic heterocycles. The number of nitrogens with one attached hydrogen (secondary N) is 2. The van der Waals surface area contributed by atoms with E-state index in [1.54, 1.807) is 39.0 Å². The minimum atomic E-state index is -1.01. The fraction of sp³-hybridized carbons (Fsp3) is 0.423. The fourth-order valence-electron chi connectivity index (χ4n) is 3.39. The molecule has 0 radical (unpaired) electrons. The van der Waals surface area contributed by atoms with Gasteiger partial charge in [-0.1, -0.05) is 49.4 Å². The van der Waals surface area contributed by atoms with Gasteiger partial charge in [0.15, 0.2) is 0 Å². The Morgan fingerprint density at radius 2 is 1.71 bits per heavy atom. The second-order valence-electron chi connectivity index (χ2n) is 8.97. The number of hydrogen-bond acceptors (Lipinski definition) is 5. The van der Waals surface area contributed by atoms with Crippen molar-refractivity contribution in [3.05, 3.63) is 65.2 Å². The first-order chi connectivity index (χ1) is 16.1. The molecule has 3 N–H and O–H groups in total. The van der Waals surface area contributed by atoms with Crippen molar-refractivity contribution in [3.63, 3.8) is 0 Å². The first-order valence-corrected chi connectivity index (χ1v) is 11.4.